The van der Waals surface area contributed by atoms with Gasteiger partial charge in [0, 0.05) is 11.7 Å². The SMILES string of the molecule is CC(NS(=O)(=O)Cc1cccc(N)c1)C1CCCC1. The number of nitrogens with one attached hydrogen (secondary N) is 1. The minimum Gasteiger partial charge on any atom is -0.399 e. The van der Waals surface area contributed by atoms with Gasteiger partial charge in [-0.05, 0) is 43.4 Å². The first-order chi connectivity index (χ1) is 8.96. The molecule has 2 rings (SSSR count). The van der Waals surface area contributed by atoms with E-state index in [0.29, 0.717) is 11.6 Å². The molecule has 0 aromatic heterocycles. The number of sulfonamides is 1. The van der Waals surface area contributed by atoms with E-state index >= 15 is 0 Å². The maximum atomic E-state index is 12.1. The molecule has 1 aliphatic carbocycles. The Labute approximate surface area is 115 Å². The largest absolute Gasteiger partial charge is 0.399 e. The van der Waals surface area contributed by atoms with Gasteiger partial charge >= 0.3 is 0 Å². The lowest BCUT2D eigenvalue weighted by Gasteiger charge is -2.20. The van der Waals surface area contributed by atoms with Crippen molar-refractivity contribution in [3.05, 3.63) is 29.8 Å². The van der Waals surface area contributed by atoms with Gasteiger partial charge in [-0.15, -0.1) is 0 Å². The third-order valence-corrected chi connectivity index (χ3v) is 5.22. The van der Waals surface area contributed by atoms with Gasteiger partial charge in [0.05, 0.1) is 5.75 Å². The van der Waals surface area contributed by atoms with E-state index in [1.54, 1.807) is 24.3 Å². The van der Waals surface area contributed by atoms with Gasteiger partial charge in [-0.1, -0.05) is 25.0 Å². The topological polar surface area (TPSA) is 72.2 Å². The van der Waals surface area contributed by atoms with E-state index in [-0.39, 0.29) is 11.8 Å². The Kier molecular flexibility index (Phi) is 4.47. The molecule has 0 saturated heterocycles. The van der Waals surface area contributed by atoms with Crippen molar-refractivity contribution >= 4 is 15.7 Å². The van der Waals surface area contributed by atoms with Gasteiger partial charge in [0.1, 0.15) is 0 Å². The fraction of sp³-hybridized carbons (Fsp3) is 0.571. The molecule has 1 aromatic rings. The number of nitrogens with two attached hydrogens (primary N) is 1. The zero-order valence-corrected chi connectivity index (χ0v) is 12.1. The highest BCUT2D eigenvalue weighted by Crippen LogP contribution is 2.28. The van der Waals surface area contributed by atoms with E-state index in [1.165, 1.54) is 12.8 Å². The van der Waals surface area contributed by atoms with Crippen molar-refractivity contribution in [2.45, 2.75) is 44.4 Å². The number of rotatable bonds is 5. The van der Waals surface area contributed by atoms with E-state index in [9.17, 15) is 8.42 Å². The predicted octanol–water partition coefficient (Wildman–Crippen LogP) is 2.27. The fourth-order valence-electron chi connectivity index (χ4n) is 2.78. The third-order valence-electron chi connectivity index (χ3n) is 3.78. The van der Waals surface area contributed by atoms with Crippen molar-refractivity contribution in [3.8, 4) is 0 Å². The van der Waals surface area contributed by atoms with Crippen molar-refractivity contribution in [1.29, 1.82) is 0 Å². The summed E-state index contributed by atoms with van der Waals surface area (Å²) in [6.45, 7) is 1.97. The maximum absolute atomic E-state index is 12.1. The molecule has 1 fully saturated rings. The highest BCUT2D eigenvalue weighted by Gasteiger charge is 2.25. The van der Waals surface area contributed by atoms with Crippen molar-refractivity contribution in [2.75, 3.05) is 5.73 Å². The first kappa shape index (κ1) is 14.3. The molecule has 1 unspecified atom stereocenters. The minimum absolute atomic E-state index is 0.00486. The molecule has 19 heavy (non-hydrogen) atoms. The predicted molar refractivity (Wildman–Crippen MR) is 78.0 cm³/mol. The molecule has 1 atom stereocenters. The Morgan fingerprint density at radius 2 is 2.05 bits per heavy atom. The van der Waals surface area contributed by atoms with Crippen LogP contribution in [0.2, 0.25) is 0 Å². The van der Waals surface area contributed by atoms with Gasteiger partial charge in [-0.25, -0.2) is 13.1 Å². The van der Waals surface area contributed by atoms with E-state index in [2.05, 4.69) is 4.72 Å². The lowest BCUT2D eigenvalue weighted by Crippen LogP contribution is -2.37. The van der Waals surface area contributed by atoms with Crippen LogP contribution < -0.4 is 10.5 Å². The number of anilines is 1. The van der Waals surface area contributed by atoms with Crippen molar-refractivity contribution < 1.29 is 8.42 Å². The van der Waals surface area contributed by atoms with Crippen LogP contribution in [0.1, 0.15) is 38.2 Å². The summed E-state index contributed by atoms with van der Waals surface area (Å²) >= 11 is 0. The van der Waals surface area contributed by atoms with Gasteiger partial charge in [-0.2, -0.15) is 0 Å². The normalized spacial score (nSPS) is 18.6. The second kappa shape index (κ2) is 5.92. The number of benzene rings is 1. The van der Waals surface area contributed by atoms with E-state index in [0.717, 1.165) is 18.4 Å². The summed E-state index contributed by atoms with van der Waals surface area (Å²) in [5, 5.41) is 0. The molecule has 5 heteroatoms. The first-order valence-electron chi connectivity index (χ1n) is 6.81. The maximum Gasteiger partial charge on any atom is 0.216 e. The molecular formula is C14H22N2O2S. The summed E-state index contributed by atoms with van der Waals surface area (Å²) in [4.78, 5) is 0. The summed E-state index contributed by atoms with van der Waals surface area (Å²) in [6, 6.07) is 7.05. The van der Waals surface area contributed by atoms with Crippen LogP contribution >= 0.6 is 0 Å². The van der Waals surface area contributed by atoms with Crippen molar-refractivity contribution in [2.24, 2.45) is 5.92 Å². The van der Waals surface area contributed by atoms with Crippen LogP contribution in [0.5, 0.6) is 0 Å². The van der Waals surface area contributed by atoms with Crippen LogP contribution in [0.25, 0.3) is 0 Å². The lowest BCUT2D eigenvalue weighted by molar-refractivity contribution is 0.424. The molecule has 0 radical (unpaired) electrons. The molecule has 3 N–H and O–H groups in total. The average molecular weight is 282 g/mol. The molecule has 0 heterocycles. The van der Waals surface area contributed by atoms with Crippen molar-refractivity contribution in [3.63, 3.8) is 0 Å². The second-order valence-electron chi connectivity index (χ2n) is 5.46. The number of hydrogen-bond acceptors (Lipinski definition) is 3. The summed E-state index contributed by atoms with van der Waals surface area (Å²) in [7, 11) is -3.29. The molecule has 0 amide bonds. The first-order valence-corrected chi connectivity index (χ1v) is 8.46. The summed E-state index contributed by atoms with van der Waals surface area (Å²) in [5.74, 6) is 0.477. The van der Waals surface area contributed by atoms with Gasteiger partial charge in [0.2, 0.25) is 10.0 Å². The molecule has 1 saturated carbocycles. The van der Waals surface area contributed by atoms with Gasteiger partial charge in [-0.3, -0.25) is 0 Å². The zero-order valence-electron chi connectivity index (χ0n) is 11.3. The molecular weight excluding hydrogens is 260 g/mol. The summed E-state index contributed by atoms with van der Waals surface area (Å²) in [6.07, 6.45) is 4.68. The summed E-state index contributed by atoms with van der Waals surface area (Å²) < 4.78 is 27.1. The lowest BCUT2D eigenvalue weighted by atomic mass is 10.0. The standard InChI is InChI=1S/C14H22N2O2S/c1-11(13-6-2-3-7-13)16-19(17,18)10-12-5-4-8-14(15)9-12/h4-5,8-9,11,13,16H,2-3,6-7,10,15H2,1H3. The minimum atomic E-state index is -3.29. The van der Waals surface area contributed by atoms with E-state index < -0.39 is 10.0 Å². The van der Waals surface area contributed by atoms with Crippen LogP contribution in [-0.2, 0) is 15.8 Å². The Balaban J connectivity index is 1.98. The Hall–Kier alpha value is -1.07. The molecule has 1 aliphatic rings. The van der Waals surface area contributed by atoms with Crippen LogP contribution in [0.15, 0.2) is 24.3 Å². The van der Waals surface area contributed by atoms with Crippen LogP contribution in [-0.4, -0.2) is 14.5 Å². The monoisotopic (exact) mass is 282 g/mol. The molecule has 106 valence electrons. The molecule has 0 spiro atoms. The van der Waals surface area contributed by atoms with Gasteiger partial charge in [0.15, 0.2) is 0 Å². The van der Waals surface area contributed by atoms with Crippen LogP contribution in [0.3, 0.4) is 0 Å². The zero-order chi connectivity index (χ0) is 13.9. The quantitative estimate of drug-likeness (QED) is 0.814. The number of nitrogen functional groups attached to an aromatic ring is 1. The van der Waals surface area contributed by atoms with Gasteiger partial charge in [0.25, 0.3) is 0 Å². The highest BCUT2D eigenvalue weighted by molar-refractivity contribution is 7.88. The van der Waals surface area contributed by atoms with Crippen molar-refractivity contribution in [1.82, 2.24) is 4.72 Å². The Bertz CT molecular complexity index is 522. The van der Waals surface area contributed by atoms with E-state index in [1.807, 2.05) is 6.92 Å². The van der Waals surface area contributed by atoms with Crippen LogP contribution in [0.4, 0.5) is 5.69 Å². The summed E-state index contributed by atoms with van der Waals surface area (Å²) in [5.41, 5.74) is 6.98. The fourth-order valence-corrected chi connectivity index (χ4v) is 4.24. The van der Waals surface area contributed by atoms with E-state index in [4.69, 9.17) is 5.73 Å². The van der Waals surface area contributed by atoms with Crippen LogP contribution in [0, 0.1) is 5.92 Å². The van der Waals surface area contributed by atoms with Gasteiger partial charge < -0.3 is 5.73 Å². The third kappa shape index (κ3) is 4.21. The molecule has 0 aliphatic heterocycles. The molecule has 4 nitrogen and oxygen atoms in total. The average Bonchev–Trinajstić information content (AvgIpc) is 2.80. The molecule has 0 bridgehead atoms. The smallest absolute Gasteiger partial charge is 0.216 e. The Morgan fingerprint density at radius 3 is 2.68 bits per heavy atom. The second-order valence-corrected chi connectivity index (χ2v) is 7.21. The number of hydrogen-bond donors (Lipinski definition) is 2. The Morgan fingerprint density at radius 1 is 1.37 bits per heavy atom. The molecule has 1 aromatic carbocycles. The highest BCUT2D eigenvalue weighted by atomic mass is 32.2.